The standard InChI is InChI=1S/C12H13BrN2O3/c1-8(16)10-6-9(13)2-3-11(10)18-7-12(17)15-5-4-14/h2-3,6,8,16H,5,7H2,1H3,(H,15,17)/t8-/m1/s1. The van der Waals surface area contributed by atoms with Crippen LogP contribution in [0.1, 0.15) is 18.6 Å². The molecule has 0 spiro atoms. The molecule has 0 saturated carbocycles. The van der Waals surface area contributed by atoms with Crippen molar-refractivity contribution >= 4 is 21.8 Å². The van der Waals surface area contributed by atoms with E-state index in [-0.39, 0.29) is 19.1 Å². The third kappa shape index (κ3) is 4.35. The van der Waals surface area contributed by atoms with Crippen LogP contribution in [0.15, 0.2) is 22.7 Å². The Labute approximate surface area is 114 Å². The molecule has 5 nitrogen and oxygen atoms in total. The molecule has 0 fully saturated rings. The summed E-state index contributed by atoms with van der Waals surface area (Å²) in [6, 6.07) is 6.96. The Bertz CT molecular complexity index is 469. The lowest BCUT2D eigenvalue weighted by atomic mass is 10.1. The zero-order valence-corrected chi connectivity index (χ0v) is 11.4. The number of aliphatic hydroxyl groups excluding tert-OH is 1. The number of carbonyl (C=O) groups is 1. The zero-order chi connectivity index (χ0) is 13.5. The summed E-state index contributed by atoms with van der Waals surface area (Å²) in [6.07, 6.45) is -0.695. The van der Waals surface area contributed by atoms with Gasteiger partial charge in [-0.1, -0.05) is 15.9 Å². The van der Waals surface area contributed by atoms with E-state index in [9.17, 15) is 9.90 Å². The van der Waals surface area contributed by atoms with Crippen LogP contribution in [0, 0.1) is 11.3 Å². The summed E-state index contributed by atoms with van der Waals surface area (Å²) in [5, 5.41) is 20.3. The SMILES string of the molecule is C[C@@H](O)c1cc(Br)ccc1OCC(=O)NCC#N. The van der Waals surface area contributed by atoms with Crippen molar-refractivity contribution < 1.29 is 14.6 Å². The first-order valence-corrected chi connectivity index (χ1v) is 6.08. The largest absolute Gasteiger partial charge is 0.483 e. The van der Waals surface area contributed by atoms with Gasteiger partial charge >= 0.3 is 0 Å². The summed E-state index contributed by atoms with van der Waals surface area (Å²) in [5.41, 5.74) is 0.595. The molecule has 1 aromatic carbocycles. The Kier molecular flexibility index (Phi) is 5.62. The van der Waals surface area contributed by atoms with Crippen molar-refractivity contribution in [1.29, 1.82) is 5.26 Å². The van der Waals surface area contributed by atoms with E-state index < -0.39 is 6.10 Å². The van der Waals surface area contributed by atoms with Gasteiger partial charge in [-0.3, -0.25) is 4.79 Å². The molecule has 6 heteroatoms. The number of aliphatic hydroxyl groups is 1. The fourth-order valence-electron chi connectivity index (χ4n) is 1.31. The maximum atomic E-state index is 11.3. The van der Waals surface area contributed by atoms with Gasteiger partial charge in [0.1, 0.15) is 12.3 Å². The summed E-state index contributed by atoms with van der Waals surface area (Å²) in [4.78, 5) is 11.3. The summed E-state index contributed by atoms with van der Waals surface area (Å²) in [7, 11) is 0. The summed E-state index contributed by atoms with van der Waals surface area (Å²) in [6.45, 7) is 1.37. The quantitative estimate of drug-likeness (QED) is 0.808. The van der Waals surface area contributed by atoms with Crippen molar-refractivity contribution in [3.05, 3.63) is 28.2 Å². The summed E-state index contributed by atoms with van der Waals surface area (Å²) < 4.78 is 6.13. The van der Waals surface area contributed by atoms with Gasteiger partial charge < -0.3 is 15.2 Å². The van der Waals surface area contributed by atoms with E-state index in [0.717, 1.165) is 4.47 Å². The van der Waals surface area contributed by atoms with E-state index in [1.807, 2.05) is 0 Å². The molecule has 0 radical (unpaired) electrons. The van der Waals surface area contributed by atoms with E-state index in [4.69, 9.17) is 10.00 Å². The highest BCUT2D eigenvalue weighted by molar-refractivity contribution is 9.10. The second-order valence-electron chi connectivity index (χ2n) is 3.58. The Morgan fingerprint density at radius 1 is 1.67 bits per heavy atom. The number of nitrogens with one attached hydrogen (secondary N) is 1. The molecule has 18 heavy (non-hydrogen) atoms. The van der Waals surface area contributed by atoms with Crippen LogP contribution < -0.4 is 10.1 Å². The van der Waals surface area contributed by atoms with Gasteiger partial charge in [0.15, 0.2) is 6.61 Å². The average molecular weight is 313 g/mol. The number of ether oxygens (including phenoxy) is 1. The number of hydrogen-bond acceptors (Lipinski definition) is 4. The van der Waals surface area contributed by atoms with Gasteiger partial charge in [0.25, 0.3) is 5.91 Å². The van der Waals surface area contributed by atoms with Crippen LogP contribution in [0.25, 0.3) is 0 Å². The van der Waals surface area contributed by atoms with Crippen LogP contribution in [0.2, 0.25) is 0 Å². The Balaban J connectivity index is 2.67. The molecular formula is C12H13BrN2O3. The minimum atomic E-state index is -0.695. The normalized spacial score (nSPS) is 11.4. The molecule has 96 valence electrons. The van der Waals surface area contributed by atoms with Crippen LogP contribution in [0.3, 0.4) is 0 Å². The third-order valence-corrected chi connectivity index (χ3v) is 2.64. The molecule has 0 saturated heterocycles. The highest BCUT2D eigenvalue weighted by Crippen LogP contribution is 2.28. The number of rotatable bonds is 5. The molecule has 0 unspecified atom stereocenters. The van der Waals surface area contributed by atoms with Gasteiger partial charge in [-0.05, 0) is 25.1 Å². The monoisotopic (exact) mass is 312 g/mol. The number of amides is 1. The Morgan fingerprint density at radius 3 is 3.00 bits per heavy atom. The van der Waals surface area contributed by atoms with E-state index in [1.54, 1.807) is 31.2 Å². The number of nitriles is 1. The van der Waals surface area contributed by atoms with Crippen LogP contribution in [0.4, 0.5) is 0 Å². The van der Waals surface area contributed by atoms with Gasteiger partial charge in [0.2, 0.25) is 0 Å². The van der Waals surface area contributed by atoms with Gasteiger partial charge in [0, 0.05) is 10.0 Å². The van der Waals surface area contributed by atoms with Crippen LogP contribution in [0.5, 0.6) is 5.75 Å². The smallest absolute Gasteiger partial charge is 0.258 e. The first kappa shape index (κ1) is 14.5. The predicted molar refractivity (Wildman–Crippen MR) is 68.9 cm³/mol. The molecule has 0 bridgehead atoms. The maximum absolute atomic E-state index is 11.3. The number of halogens is 1. The van der Waals surface area contributed by atoms with Crippen molar-refractivity contribution in [2.75, 3.05) is 13.2 Å². The maximum Gasteiger partial charge on any atom is 0.258 e. The van der Waals surface area contributed by atoms with Crippen molar-refractivity contribution in [2.45, 2.75) is 13.0 Å². The van der Waals surface area contributed by atoms with E-state index in [0.29, 0.717) is 11.3 Å². The fraction of sp³-hybridized carbons (Fsp3) is 0.333. The van der Waals surface area contributed by atoms with Gasteiger partial charge in [-0.25, -0.2) is 0 Å². The fourth-order valence-corrected chi connectivity index (χ4v) is 1.69. The van der Waals surface area contributed by atoms with E-state index in [2.05, 4.69) is 21.2 Å². The minimum Gasteiger partial charge on any atom is -0.483 e. The molecule has 1 atom stereocenters. The Morgan fingerprint density at radius 2 is 2.39 bits per heavy atom. The number of hydrogen-bond donors (Lipinski definition) is 2. The lowest BCUT2D eigenvalue weighted by Crippen LogP contribution is -2.29. The van der Waals surface area contributed by atoms with E-state index >= 15 is 0 Å². The van der Waals surface area contributed by atoms with Gasteiger partial charge in [-0.15, -0.1) is 0 Å². The van der Waals surface area contributed by atoms with Crippen molar-refractivity contribution in [3.8, 4) is 11.8 Å². The molecule has 1 aromatic rings. The average Bonchev–Trinajstić information content (AvgIpc) is 2.34. The second kappa shape index (κ2) is 6.99. The molecule has 0 aromatic heterocycles. The molecule has 0 heterocycles. The highest BCUT2D eigenvalue weighted by Gasteiger charge is 2.11. The zero-order valence-electron chi connectivity index (χ0n) is 9.81. The number of nitrogens with zero attached hydrogens (tertiary/aromatic N) is 1. The Hall–Kier alpha value is -1.58. The third-order valence-electron chi connectivity index (χ3n) is 2.15. The van der Waals surface area contributed by atoms with Crippen molar-refractivity contribution in [3.63, 3.8) is 0 Å². The molecule has 0 aliphatic carbocycles. The topological polar surface area (TPSA) is 82.3 Å². The van der Waals surface area contributed by atoms with Crippen LogP contribution >= 0.6 is 15.9 Å². The van der Waals surface area contributed by atoms with Gasteiger partial charge in [-0.2, -0.15) is 5.26 Å². The summed E-state index contributed by atoms with van der Waals surface area (Å²) in [5.74, 6) is 0.0660. The highest BCUT2D eigenvalue weighted by atomic mass is 79.9. The van der Waals surface area contributed by atoms with E-state index in [1.165, 1.54) is 0 Å². The lowest BCUT2D eigenvalue weighted by molar-refractivity contribution is -0.122. The lowest BCUT2D eigenvalue weighted by Gasteiger charge is -2.13. The molecule has 2 N–H and O–H groups in total. The molecule has 1 rings (SSSR count). The number of carbonyl (C=O) groups excluding carboxylic acids is 1. The summed E-state index contributed by atoms with van der Waals surface area (Å²) >= 11 is 3.30. The first-order chi connectivity index (χ1) is 8.54. The predicted octanol–water partition coefficient (Wildman–Crippen LogP) is 1.52. The molecule has 0 aliphatic heterocycles. The van der Waals surface area contributed by atoms with Crippen molar-refractivity contribution in [1.82, 2.24) is 5.32 Å². The first-order valence-electron chi connectivity index (χ1n) is 5.28. The molecule has 1 amide bonds. The van der Waals surface area contributed by atoms with Crippen molar-refractivity contribution in [2.24, 2.45) is 0 Å². The second-order valence-corrected chi connectivity index (χ2v) is 4.50. The minimum absolute atomic E-state index is 0.0498. The van der Waals surface area contributed by atoms with Gasteiger partial charge in [0.05, 0.1) is 12.2 Å². The molecular weight excluding hydrogens is 300 g/mol. The van der Waals surface area contributed by atoms with Crippen LogP contribution in [-0.2, 0) is 4.79 Å². The molecule has 0 aliphatic rings. The van der Waals surface area contributed by atoms with Crippen LogP contribution in [-0.4, -0.2) is 24.2 Å². The number of benzene rings is 1.